The van der Waals surface area contributed by atoms with Gasteiger partial charge in [0.1, 0.15) is 18.1 Å². The van der Waals surface area contributed by atoms with E-state index >= 15 is 0 Å². The van der Waals surface area contributed by atoms with Crippen LogP contribution in [-0.4, -0.2) is 76.2 Å². The van der Waals surface area contributed by atoms with Gasteiger partial charge in [0, 0.05) is 25.7 Å². The third-order valence-electron chi connectivity index (χ3n) is 5.69. The molecule has 1 amide bonds. The standard InChI is InChI=1S/C21H33N3O3/c1-23(2)10-11-24-8-6-16(7-9-24)14-22-21(25)18-12-17-4-5-19(26-3)13-20(17)27-15-18/h4-5,13,16,18H,6-12,14-15H2,1-3H3,(H,22,25). The maximum Gasteiger partial charge on any atom is 0.226 e. The number of benzene rings is 1. The van der Waals surface area contributed by atoms with E-state index in [1.54, 1.807) is 7.11 Å². The Morgan fingerprint density at radius 3 is 2.81 bits per heavy atom. The lowest BCUT2D eigenvalue weighted by molar-refractivity contribution is -0.126. The van der Waals surface area contributed by atoms with Crippen LogP contribution in [0.15, 0.2) is 18.2 Å². The number of hydrogen-bond acceptors (Lipinski definition) is 5. The number of carbonyl (C=O) groups excluding carboxylic acids is 1. The molecule has 1 fully saturated rings. The van der Waals surface area contributed by atoms with E-state index in [-0.39, 0.29) is 11.8 Å². The van der Waals surface area contributed by atoms with Crippen LogP contribution >= 0.6 is 0 Å². The Hall–Kier alpha value is -1.79. The van der Waals surface area contributed by atoms with Crippen LogP contribution in [-0.2, 0) is 11.2 Å². The van der Waals surface area contributed by atoms with Crippen LogP contribution in [0.3, 0.4) is 0 Å². The van der Waals surface area contributed by atoms with Crippen molar-refractivity contribution in [2.75, 3.05) is 60.5 Å². The lowest BCUT2D eigenvalue weighted by Crippen LogP contribution is -2.43. The maximum absolute atomic E-state index is 12.6. The smallest absolute Gasteiger partial charge is 0.226 e. The number of likely N-dealkylation sites (tertiary alicyclic amines) is 1. The summed E-state index contributed by atoms with van der Waals surface area (Å²) in [6, 6.07) is 5.82. The molecule has 0 saturated carbocycles. The number of hydrogen-bond donors (Lipinski definition) is 1. The van der Waals surface area contributed by atoms with Crippen molar-refractivity contribution in [1.29, 1.82) is 0 Å². The first-order valence-electron chi connectivity index (χ1n) is 9.99. The molecule has 0 aliphatic carbocycles. The summed E-state index contributed by atoms with van der Waals surface area (Å²) in [6.45, 7) is 5.74. The zero-order valence-corrected chi connectivity index (χ0v) is 16.9. The SMILES string of the molecule is COc1ccc2c(c1)OCC(C(=O)NCC1CCN(CCN(C)C)CC1)C2. The molecule has 6 nitrogen and oxygen atoms in total. The summed E-state index contributed by atoms with van der Waals surface area (Å²) < 4.78 is 11.0. The van der Waals surface area contributed by atoms with Crippen LogP contribution in [0, 0.1) is 11.8 Å². The zero-order chi connectivity index (χ0) is 19.2. The van der Waals surface area contributed by atoms with Crippen LogP contribution in [0.1, 0.15) is 18.4 Å². The number of nitrogens with one attached hydrogen (secondary N) is 1. The van der Waals surface area contributed by atoms with Gasteiger partial charge in [0.2, 0.25) is 5.91 Å². The van der Waals surface area contributed by atoms with Gasteiger partial charge in [-0.2, -0.15) is 0 Å². The average Bonchev–Trinajstić information content (AvgIpc) is 2.70. The molecule has 2 aliphatic rings. The van der Waals surface area contributed by atoms with Gasteiger partial charge in [0.15, 0.2) is 0 Å². The second-order valence-electron chi connectivity index (χ2n) is 8.02. The summed E-state index contributed by atoms with van der Waals surface area (Å²) in [7, 11) is 5.88. The van der Waals surface area contributed by atoms with Crippen LogP contribution in [0.4, 0.5) is 0 Å². The fraction of sp³-hybridized carbons (Fsp3) is 0.667. The molecular weight excluding hydrogens is 342 g/mol. The van der Waals surface area contributed by atoms with Crippen molar-refractivity contribution in [2.24, 2.45) is 11.8 Å². The molecule has 6 heteroatoms. The van der Waals surface area contributed by atoms with Crippen LogP contribution in [0.25, 0.3) is 0 Å². The fourth-order valence-corrected chi connectivity index (χ4v) is 3.79. The molecule has 0 aromatic heterocycles. The topological polar surface area (TPSA) is 54.0 Å². The van der Waals surface area contributed by atoms with Crippen molar-refractivity contribution in [3.05, 3.63) is 23.8 Å². The number of amides is 1. The molecule has 150 valence electrons. The Balaban J connectivity index is 1.40. The van der Waals surface area contributed by atoms with Gasteiger partial charge in [0.25, 0.3) is 0 Å². The molecule has 2 aliphatic heterocycles. The minimum atomic E-state index is -0.105. The summed E-state index contributed by atoms with van der Waals surface area (Å²) in [5, 5.41) is 3.17. The Morgan fingerprint density at radius 1 is 1.33 bits per heavy atom. The predicted octanol–water partition coefficient (Wildman–Crippen LogP) is 1.64. The molecule has 1 aromatic rings. The van der Waals surface area contributed by atoms with Crippen LogP contribution in [0.2, 0.25) is 0 Å². The molecular formula is C21H33N3O3. The summed E-state index contributed by atoms with van der Waals surface area (Å²) >= 11 is 0. The second kappa shape index (κ2) is 9.42. The molecule has 3 rings (SSSR count). The molecule has 0 radical (unpaired) electrons. The summed E-state index contributed by atoms with van der Waals surface area (Å²) in [4.78, 5) is 17.3. The van der Waals surface area contributed by atoms with E-state index < -0.39 is 0 Å². The van der Waals surface area contributed by atoms with Gasteiger partial charge in [-0.05, 0) is 64.0 Å². The average molecular weight is 376 g/mol. The van der Waals surface area contributed by atoms with E-state index in [2.05, 4.69) is 29.2 Å². The van der Waals surface area contributed by atoms with Gasteiger partial charge in [-0.15, -0.1) is 0 Å². The van der Waals surface area contributed by atoms with Crippen molar-refractivity contribution in [1.82, 2.24) is 15.1 Å². The molecule has 0 bridgehead atoms. The number of piperidine rings is 1. The normalized spacial score (nSPS) is 20.8. The van der Waals surface area contributed by atoms with Gasteiger partial charge in [-0.25, -0.2) is 0 Å². The van der Waals surface area contributed by atoms with Crippen molar-refractivity contribution in [3.8, 4) is 11.5 Å². The Kier molecular flexibility index (Phi) is 6.96. The molecule has 1 unspecified atom stereocenters. The van der Waals surface area contributed by atoms with Crippen molar-refractivity contribution >= 4 is 5.91 Å². The van der Waals surface area contributed by atoms with E-state index in [0.29, 0.717) is 12.5 Å². The quantitative estimate of drug-likeness (QED) is 0.785. The predicted molar refractivity (Wildman–Crippen MR) is 106 cm³/mol. The van der Waals surface area contributed by atoms with E-state index in [1.165, 1.54) is 0 Å². The minimum absolute atomic E-state index is 0.105. The Bertz CT molecular complexity index is 627. The summed E-state index contributed by atoms with van der Waals surface area (Å²) in [6.07, 6.45) is 3.06. The van der Waals surface area contributed by atoms with Gasteiger partial charge in [0.05, 0.1) is 13.0 Å². The van der Waals surface area contributed by atoms with Gasteiger partial charge in [-0.1, -0.05) is 6.07 Å². The molecule has 27 heavy (non-hydrogen) atoms. The number of likely N-dealkylation sites (N-methyl/N-ethyl adjacent to an activating group) is 1. The first kappa shape index (κ1) is 20.0. The highest BCUT2D eigenvalue weighted by atomic mass is 16.5. The molecule has 1 saturated heterocycles. The van der Waals surface area contributed by atoms with E-state index in [1.807, 2.05) is 18.2 Å². The van der Waals surface area contributed by atoms with Crippen molar-refractivity contribution in [3.63, 3.8) is 0 Å². The van der Waals surface area contributed by atoms with Crippen molar-refractivity contribution < 1.29 is 14.3 Å². The summed E-state index contributed by atoms with van der Waals surface area (Å²) in [5.41, 5.74) is 1.08. The van der Waals surface area contributed by atoms with Crippen molar-refractivity contribution in [2.45, 2.75) is 19.3 Å². The highest BCUT2D eigenvalue weighted by molar-refractivity contribution is 5.79. The van der Waals surface area contributed by atoms with Gasteiger partial charge >= 0.3 is 0 Å². The van der Waals surface area contributed by atoms with E-state index in [0.717, 1.165) is 69.0 Å². The number of rotatable bonds is 7. The molecule has 1 atom stereocenters. The lowest BCUT2D eigenvalue weighted by Gasteiger charge is -2.33. The largest absolute Gasteiger partial charge is 0.497 e. The monoisotopic (exact) mass is 375 g/mol. The molecule has 1 aromatic carbocycles. The maximum atomic E-state index is 12.6. The fourth-order valence-electron chi connectivity index (χ4n) is 3.79. The van der Waals surface area contributed by atoms with Gasteiger partial charge in [-0.3, -0.25) is 4.79 Å². The zero-order valence-electron chi connectivity index (χ0n) is 16.9. The summed E-state index contributed by atoms with van der Waals surface area (Å²) in [5.74, 6) is 2.22. The number of nitrogens with zero attached hydrogens (tertiary/aromatic N) is 2. The molecule has 1 N–H and O–H groups in total. The van der Waals surface area contributed by atoms with E-state index in [9.17, 15) is 4.79 Å². The Morgan fingerprint density at radius 2 is 2.11 bits per heavy atom. The van der Waals surface area contributed by atoms with Gasteiger partial charge < -0.3 is 24.6 Å². The third-order valence-corrected chi connectivity index (χ3v) is 5.69. The number of fused-ring (bicyclic) bond motifs is 1. The highest BCUT2D eigenvalue weighted by Crippen LogP contribution is 2.31. The first-order valence-corrected chi connectivity index (χ1v) is 9.99. The number of methoxy groups -OCH3 is 1. The Labute approximate surface area is 162 Å². The molecule has 2 heterocycles. The first-order chi connectivity index (χ1) is 13.0. The second-order valence-corrected chi connectivity index (χ2v) is 8.02. The third kappa shape index (κ3) is 5.59. The van der Waals surface area contributed by atoms with Crippen LogP contribution in [0.5, 0.6) is 11.5 Å². The van der Waals surface area contributed by atoms with Crippen LogP contribution < -0.4 is 14.8 Å². The number of ether oxygens (including phenoxy) is 2. The highest BCUT2D eigenvalue weighted by Gasteiger charge is 2.27. The number of carbonyl (C=O) groups is 1. The minimum Gasteiger partial charge on any atom is -0.497 e. The molecule has 0 spiro atoms. The lowest BCUT2D eigenvalue weighted by atomic mass is 9.94. The van der Waals surface area contributed by atoms with E-state index in [4.69, 9.17) is 9.47 Å².